The monoisotopic (exact) mass is 556 g/mol. The molecule has 2 N–H and O–H groups in total. The summed E-state index contributed by atoms with van der Waals surface area (Å²) in [4.78, 5) is 17.4. The summed E-state index contributed by atoms with van der Waals surface area (Å²) in [5, 5.41) is 3.20. The number of ether oxygens (including phenoxy) is 1. The highest BCUT2D eigenvalue weighted by Crippen LogP contribution is 2.27. The summed E-state index contributed by atoms with van der Waals surface area (Å²) in [7, 11) is -3.30. The maximum absolute atomic E-state index is 12.9. The van der Waals surface area contributed by atoms with Crippen molar-refractivity contribution < 1.29 is 17.9 Å². The lowest BCUT2D eigenvalue weighted by Gasteiger charge is -2.38. The van der Waals surface area contributed by atoms with Crippen LogP contribution in [0.5, 0.6) is 11.5 Å². The Hall–Kier alpha value is -2.78. The van der Waals surface area contributed by atoms with Crippen molar-refractivity contribution in [3.05, 3.63) is 54.1 Å². The van der Waals surface area contributed by atoms with Crippen LogP contribution in [0.25, 0.3) is 0 Å². The van der Waals surface area contributed by atoms with Gasteiger partial charge in [-0.05, 0) is 74.1 Å². The van der Waals surface area contributed by atoms with E-state index < -0.39 is 10.0 Å². The Morgan fingerprint density at radius 3 is 2.15 bits per heavy atom. The smallest absolute Gasteiger partial charge is 0.317 e. The Bertz CT molecular complexity index is 1140. The lowest BCUT2D eigenvalue weighted by Crippen LogP contribution is -2.50. The third-order valence-electron chi connectivity index (χ3n) is 7.88. The molecule has 0 aromatic heterocycles. The van der Waals surface area contributed by atoms with Gasteiger partial charge in [-0.2, -0.15) is 0 Å². The van der Waals surface area contributed by atoms with Crippen LogP contribution in [-0.2, 0) is 16.6 Å². The molecule has 1 heterocycles. The molecule has 2 aromatic rings. The Morgan fingerprint density at radius 1 is 0.949 bits per heavy atom. The molecule has 2 fully saturated rings. The van der Waals surface area contributed by atoms with Gasteiger partial charge in [0.05, 0.1) is 6.26 Å². The molecule has 9 heteroatoms. The molecule has 1 saturated heterocycles. The molecule has 1 aliphatic carbocycles. The van der Waals surface area contributed by atoms with E-state index in [1.54, 1.807) is 24.3 Å². The summed E-state index contributed by atoms with van der Waals surface area (Å²) in [6.45, 7) is 6.45. The molecule has 0 spiro atoms. The van der Waals surface area contributed by atoms with Crippen LogP contribution in [0.15, 0.2) is 48.5 Å². The molecule has 39 heavy (non-hydrogen) atoms. The van der Waals surface area contributed by atoms with Crippen LogP contribution in [0.3, 0.4) is 0 Å². The van der Waals surface area contributed by atoms with Gasteiger partial charge in [0, 0.05) is 44.5 Å². The van der Waals surface area contributed by atoms with Crippen LogP contribution in [0.1, 0.15) is 63.9 Å². The number of carbonyl (C=O) groups is 1. The number of likely N-dealkylation sites (tertiary alicyclic amines) is 1. The zero-order valence-corrected chi connectivity index (χ0v) is 24.2. The highest BCUT2D eigenvalue weighted by molar-refractivity contribution is 7.92. The van der Waals surface area contributed by atoms with Gasteiger partial charge in [-0.1, -0.05) is 44.2 Å². The van der Waals surface area contributed by atoms with Gasteiger partial charge in [0.25, 0.3) is 0 Å². The molecule has 1 aliphatic heterocycles. The fourth-order valence-corrected chi connectivity index (χ4v) is 6.34. The third kappa shape index (κ3) is 9.42. The molecule has 1 saturated carbocycles. The minimum Gasteiger partial charge on any atom is -0.457 e. The minimum atomic E-state index is -3.30. The number of urea groups is 1. The first-order valence-corrected chi connectivity index (χ1v) is 16.3. The summed E-state index contributed by atoms with van der Waals surface area (Å²) < 4.78 is 31.1. The second-order valence-electron chi connectivity index (χ2n) is 11.0. The quantitative estimate of drug-likeness (QED) is 0.364. The maximum Gasteiger partial charge on any atom is 0.317 e. The fraction of sp³-hybridized carbons (Fsp3) is 0.567. The number of sulfonamides is 1. The number of carbonyl (C=O) groups excluding carboxylic acids is 1. The highest BCUT2D eigenvalue weighted by atomic mass is 32.2. The predicted molar refractivity (Wildman–Crippen MR) is 157 cm³/mol. The number of rotatable bonds is 11. The van der Waals surface area contributed by atoms with Crippen molar-refractivity contribution in [2.45, 2.75) is 70.9 Å². The van der Waals surface area contributed by atoms with E-state index in [-0.39, 0.29) is 6.03 Å². The summed E-state index contributed by atoms with van der Waals surface area (Å²) >= 11 is 0. The van der Waals surface area contributed by atoms with Gasteiger partial charge < -0.3 is 15.0 Å². The number of nitrogens with zero attached hydrogens (tertiary/aromatic N) is 2. The Kier molecular flexibility index (Phi) is 10.5. The average Bonchev–Trinajstić information content (AvgIpc) is 2.92. The predicted octanol–water partition coefficient (Wildman–Crippen LogP) is 5.82. The summed E-state index contributed by atoms with van der Waals surface area (Å²) in [6, 6.07) is 15.3. The van der Waals surface area contributed by atoms with E-state index >= 15 is 0 Å². The lowest BCUT2D eigenvalue weighted by atomic mass is 9.87. The summed E-state index contributed by atoms with van der Waals surface area (Å²) in [5.41, 5.74) is 1.72. The molecule has 0 atom stereocenters. The Labute approximate surface area is 234 Å². The Balaban J connectivity index is 1.19. The molecule has 214 valence electrons. The van der Waals surface area contributed by atoms with Crippen molar-refractivity contribution in [2.75, 3.05) is 37.2 Å². The van der Waals surface area contributed by atoms with Crippen LogP contribution in [0.4, 0.5) is 10.5 Å². The van der Waals surface area contributed by atoms with Gasteiger partial charge in [0.15, 0.2) is 0 Å². The van der Waals surface area contributed by atoms with Crippen molar-refractivity contribution in [1.29, 1.82) is 0 Å². The van der Waals surface area contributed by atoms with Gasteiger partial charge in [-0.3, -0.25) is 9.62 Å². The summed E-state index contributed by atoms with van der Waals surface area (Å²) in [5.74, 6) is 2.16. The molecule has 2 aromatic carbocycles. The van der Waals surface area contributed by atoms with E-state index in [2.05, 4.69) is 34.0 Å². The van der Waals surface area contributed by atoms with Crippen molar-refractivity contribution >= 4 is 21.7 Å². The zero-order valence-electron chi connectivity index (χ0n) is 23.4. The first-order valence-electron chi connectivity index (χ1n) is 14.4. The standard InChI is InChI=1S/C30H44N4O4S/c1-3-34(30(35)31-20-17-24-7-5-4-6-8-24)27-18-21-33(22-19-27)23-25-9-13-28(14-10-25)38-29-15-11-26(12-16-29)32-39(2,36)37/h9-16,24,27,32H,3-8,17-23H2,1-2H3,(H,31,35). The van der Waals surface area contributed by atoms with Gasteiger partial charge >= 0.3 is 6.03 Å². The molecular formula is C30H44N4O4S. The van der Waals surface area contributed by atoms with Crippen LogP contribution in [0.2, 0.25) is 0 Å². The number of hydrogen-bond acceptors (Lipinski definition) is 5. The van der Waals surface area contributed by atoms with Crippen molar-refractivity contribution in [1.82, 2.24) is 15.1 Å². The molecule has 2 amide bonds. The highest BCUT2D eigenvalue weighted by Gasteiger charge is 2.27. The summed E-state index contributed by atoms with van der Waals surface area (Å²) in [6.07, 6.45) is 10.9. The number of piperidine rings is 1. The molecular weight excluding hydrogens is 512 g/mol. The first kappa shape index (κ1) is 29.2. The maximum atomic E-state index is 12.9. The number of amides is 2. The van der Waals surface area contributed by atoms with E-state index in [0.717, 1.165) is 69.9 Å². The molecule has 8 nitrogen and oxygen atoms in total. The van der Waals surface area contributed by atoms with Crippen molar-refractivity contribution in [3.63, 3.8) is 0 Å². The van der Waals surface area contributed by atoms with Crippen LogP contribution in [-0.4, -0.2) is 62.7 Å². The normalized spacial score (nSPS) is 17.5. The lowest BCUT2D eigenvalue weighted by molar-refractivity contribution is 0.120. The largest absolute Gasteiger partial charge is 0.457 e. The second-order valence-corrected chi connectivity index (χ2v) is 12.7. The number of benzene rings is 2. The Morgan fingerprint density at radius 2 is 1.56 bits per heavy atom. The molecule has 0 radical (unpaired) electrons. The van der Waals surface area contributed by atoms with Crippen molar-refractivity contribution in [2.24, 2.45) is 5.92 Å². The molecule has 2 aliphatic rings. The number of anilines is 1. The van der Waals surface area contributed by atoms with Crippen molar-refractivity contribution in [3.8, 4) is 11.5 Å². The van der Waals surface area contributed by atoms with Gasteiger partial charge in [0.1, 0.15) is 11.5 Å². The van der Waals surface area contributed by atoms with E-state index in [9.17, 15) is 13.2 Å². The van der Waals surface area contributed by atoms with Gasteiger partial charge in [-0.15, -0.1) is 0 Å². The molecule has 4 rings (SSSR count). The SMILES string of the molecule is CCN(C(=O)NCCC1CCCCC1)C1CCN(Cc2ccc(Oc3ccc(NS(C)(=O)=O)cc3)cc2)CC1. The van der Waals surface area contributed by atoms with E-state index in [4.69, 9.17) is 4.74 Å². The number of hydrogen-bond donors (Lipinski definition) is 2. The topological polar surface area (TPSA) is 91.0 Å². The van der Waals surface area contributed by atoms with E-state index in [0.29, 0.717) is 17.5 Å². The van der Waals surface area contributed by atoms with Gasteiger partial charge in [0.2, 0.25) is 10.0 Å². The average molecular weight is 557 g/mol. The molecule has 0 bridgehead atoms. The second kappa shape index (κ2) is 14.0. The van der Waals surface area contributed by atoms with Gasteiger partial charge in [-0.25, -0.2) is 13.2 Å². The van der Waals surface area contributed by atoms with Crippen LogP contribution < -0.4 is 14.8 Å². The first-order chi connectivity index (χ1) is 18.8. The van der Waals surface area contributed by atoms with E-state index in [1.807, 2.05) is 17.0 Å². The third-order valence-corrected chi connectivity index (χ3v) is 8.48. The van der Waals surface area contributed by atoms with Crippen LogP contribution >= 0.6 is 0 Å². The fourth-order valence-electron chi connectivity index (χ4n) is 5.78. The van der Waals surface area contributed by atoms with E-state index in [1.165, 1.54) is 37.7 Å². The number of nitrogens with one attached hydrogen (secondary N) is 2. The molecule has 0 unspecified atom stereocenters. The zero-order chi connectivity index (χ0) is 27.7. The van der Waals surface area contributed by atoms with Crippen LogP contribution in [0, 0.1) is 5.92 Å². The minimum absolute atomic E-state index is 0.101.